The van der Waals surface area contributed by atoms with Gasteiger partial charge in [-0.1, -0.05) is 0 Å². The lowest BCUT2D eigenvalue weighted by atomic mass is 9.75. The summed E-state index contributed by atoms with van der Waals surface area (Å²) in [6, 6.07) is 2.75. The third kappa shape index (κ3) is 2.42. The van der Waals surface area contributed by atoms with Gasteiger partial charge in [0.2, 0.25) is 0 Å². The Hall–Kier alpha value is -0.905. The van der Waals surface area contributed by atoms with Crippen molar-refractivity contribution in [3.05, 3.63) is 29.1 Å². The van der Waals surface area contributed by atoms with E-state index in [0.29, 0.717) is 11.0 Å². The average molecular weight is 266 g/mol. The maximum atomic E-state index is 13.6. The van der Waals surface area contributed by atoms with Crippen molar-refractivity contribution in [1.82, 2.24) is 0 Å². The first-order valence-electron chi connectivity index (χ1n) is 6.43. The van der Waals surface area contributed by atoms with Crippen molar-refractivity contribution in [1.29, 1.82) is 0 Å². The number of rotatable bonds is 2. The minimum atomic E-state index is -0.606. The molecule has 5 heteroatoms. The van der Waals surface area contributed by atoms with Crippen LogP contribution in [-0.2, 0) is 15.9 Å². The monoisotopic (exact) mass is 266 g/mol. The average Bonchev–Trinajstić information content (AvgIpc) is 2.50. The minimum absolute atomic E-state index is 0.198. The van der Waals surface area contributed by atoms with Gasteiger partial charge < -0.3 is 14.4 Å². The van der Waals surface area contributed by atoms with E-state index in [2.05, 4.69) is 0 Å². The Morgan fingerprint density at radius 1 is 1.16 bits per heavy atom. The molecule has 1 aliphatic rings. The zero-order valence-corrected chi connectivity index (χ0v) is 12.1. The molecule has 1 heterocycles. The number of aliphatic hydroxyl groups is 1. The summed E-state index contributed by atoms with van der Waals surface area (Å²) in [7, 11) is -0.606. The zero-order valence-electron chi connectivity index (χ0n) is 12.1. The quantitative estimate of drug-likeness (QED) is 0.831. The highest BCUT2D eigenvalue weighted by Crippen LogP contribution is 2.36. The van der Waals surface area contributed by atoms with Gasteiger partial charge in [0.1, 0.15) is 5.82 Å². The lowest BCUT2D eigenvalue weighted by molar-refractivity contribution is 0.00578. The number of aliphatic hydroxyl groups excluding tert-OH is 1. The highest BCUT2D eigenvalue weighted by molar-refractivity contribution is 6.62. The fourth-order valence-corrected chi connectivity index (χ4v) is 2.14. The Morgan fingerprint density at radius 2 is 1.68 bits per heavy atom. The van der Waals surface area contributed by atoms with Crippen molar-refractivity contribution in [3.8, 4) is 0 Å². The van der Waals surface area contributed by atoms with E-state index in [1.54, 1.807) is 0 Å². The van der Waals surface area contributed by atoms with Gasteiger partial charge in [0, 0.05) is 0 Å². The SMILES string of the molecule is Cc1c(CO)cc(F)cc1B1OC(C)(C)C(C)(C)O1. The van der Waals surface area contributed by atoms with Crippen LogP contribution in [0.4, 0.5) is 4.39 Å². The molecule has 0 atom stereocenters. The Bertz CT molecular complexity index is 484. The van der Waals surface area contributed by atoms with Crippen molar-refractivity contribution in [2.45, 2.75) is 52.4 Å². The fourth-order valence-electron chi connectivity index (χ4n) is 2.14. The highest BCUT2D eigenvalue weighted by Gasteiger charge is 2.52. The molecule has 1 fully saturated rings. The molecular weight excluding hydrogens is 246 g/mol. The molecule has 1 aromatic rings. The summed E-state index contributed by atoms with van der Waals surface area (Å²) in [6.45, 7) is 9.45. The summed E-state index contributed by atoms with van der Waals surface area (Å²) in [5, 5.41) is 9.27. The third-order valence-corrected chi connectivity index (χ3v) is 4.20. The molecule has 0 aliphatic carbocycles. The van der Waals surface area contributed by atoms with Crippen molar-refractivity contribution >= 4 is 12.6 Å². The van der Waals surface area contributed by atoms with E-state index in [0.717, 1.165) is 5.56 Å². The standard InChI is InChI=1S/C14H20BFO3/c1-9-10(8-17)6-11(16)7-12(9)15-18-13(2,3)14(4,5)19-15/h6-7,17H,8H2,1-5H3. The van der Waals surface area contributed by atoms with E-state index < -0.39 is 18.3 Å². The highest BCUT2D eigenvalue weighted by atomic mass is 19.1. The molecule has 1 saturated heterocycles. The minimum Gasteiger partial charge on any atom is -0.399 e. The van der Waals surface area contributed by atoms with Crippen molar-refractivity contribution in [2.24, 2.45) is 0 Å². The summed E-state index contributed by atoms with van der Waals surface area (Å²) in [4.78, 5) is 0. The zero-order chi connectivity index (χ0) is 14.4. The van der Waals surface area contributed by atoms with E-state index in [9.17, 15) is 9.50 Å². The summed E-state index contributed by atoms with van der Waals surface area (Å²) in [5.74, 6) is -0.389. The number of hydrogen-bond acceptors (Lipinski definition) is 3. The first kappa shape index (κ1) is 14.5. The third-order valence-electron chi connectivity index (χ3n) is 4.20. The molecule has 1 N–H and O–H groups in total. The molecule has 104 valence electrons. The van der Waals surface area contributed by atoms with E-state index in [1.165, 1.54) is 12.1 Å². The predicted octanol–water partition coefficient (Wildman–Crippen LogP) is 1.93. The van der Waals surface area contributed by atoms with Crippen LogP contribution in [0.15, 0.2) is 12.1 Å². The molecule has 0 unspecified atom stereocenters. The number of halogens is 1. The Kier molecular flexibility index (Phi) is 3.50. The van der Waals surface area contributed by atoms with Crippen LogP contribution in [-0.4, -0.2) is 23.4 Å². The maximum absolute atomic E-state index is 13.6. The van der Waals surface area contributed by atoms with Crippen molar-refractivity contribution < 1.29 is 18.8 Å². The van der Waals surface area contributed by atoms with Gasteiger partial charge in [-0.2, -0.15) is 0 Å². The van der Waals surface area contributed by atoms with Crippen LogP contribution in [0.3, 0.4) is 0 Å². The van der Waals surface area contributed by atoms with E-state index in [-0.39, 0.29) is 12.4 Å². The van der Waals surface area contributed by atoms with E-state index in [4.69, 9.17) is 9.31 Å². The van der Waals surface area contributed by atoms with Crippen molar-refractivity contribution in [2.75, 3.05) is 0 Å². The van der Waals surface area contributed by atoms with Gasteiger partial charge in [0.05, 0.1) is 17.8 Å². The van der Waals surface area contributed by atoms with Crippen LogP contribution >= 0.6 is 0 Å². The topological polar surface area (TPSA) is 38.7 Å². The molecule has 3 nitrogen and oxygen atoms in total. The molecule has 0 aromatic heterocycles. The smallest absolute Gasteiger partial charge is 0.399 e. The van der Waals surface area contributed by atoms with Gasteiger partial charge in [-0.05, 0) is 63.3 Å². The normalized spacial score (nSPS) is 20.9. The predicted molar refractivity (Wildman–Crippen MR) is 72.8 cm³/mol. The molecule has 2 rings (SSSR count). The molecule has 19 heavy (non-hydrogen) atoms. The summed E-state index contributed by atoms with van der Waals surface area (Å²) >= 11 is 0. The van der Waals surface area contributed by atoms with Crippen LogP contribution < -0.4 is 5.46 Å². The fraction of sp³-hybridized carbons (Fsp3) is 0.571. The van der Waals surface area contributed by atoms with Gasteiger partial charge in [-0.3, -0.25) is 0 Å². The first-order chi connectivity index (χ1) is 8.68. The second kappa shape index (κ2) is 4.58. The first-order valence-corrected chi connectivity index (χ1v) is 6.43. The molecule has 1 aliphatic heterocycles. The van der Waals surface area contributed by atoms with E-state index >= 15 is 0 Å². The number of hydrogen-bond donors (Lipinski definition) is 1. The van der Waals surface area contributed by atoms with E-state index in [1.807, 2.05) is 34.6 Å². The van der Waals surface area contributed by atoms with Gasteiger partial charge in [-0.25, -0.2) is 4.39 Å². The second-order valence-electron chi connectivity index (χ2n) is 6.03. The molecular formula is C14H20BFO3. The molecule has 0 radical (unpaired) electrons. The van der Waals surface area contributed by atoms with Crippen LogP contribution in [0.2, 0.25) is 0 Å². The maximum Gasteiger partial charge on any atom is 0.495 e. The summed E-state index contributed by atoms with van der Waals surface area (Å²) in [5.41, 5.74) is 1.08. The molecule has 0 amide bonds. The van der Waals surface area contributed by atoms with Gasteiger partial charge >= 0.3 is 7.12 Å². The second-order valence-corrected chi connectivity index (χ2v) is 6.03. The van der Waals surface area contributed by atoms with Crippen LogP contribution in [0, 0.1) is 12.7 Å². The Labute approximate surface area is 113 Å². The molecule has 0 spiro atoms. The molecule has 0 bridgehead atoms. The van der Waals surface area contributed by atoms with Gasteiger partial charge in [0.15, 0.2) is 0 Å². The van der Waals surface area contributed by atoms with Crippen LogP contribution in [0.5, 0.6) is 0 Å². The summed E-state index contributed by atoms with van der Waals surface area (Å²) in [6.07, 6.45) is 0. The molecule has 0 saturated carbocycles. The largest absolute Gasteiger partial charge is 0.495 e. The van der Waals surface area contributed by atoms with Crippen molar-refractivity contribution in [3.63, 3.8) is 0 Å². The Balaban J connectivity index is 2.42. The lowest BCUT2D eigenvalue weighted by Gasteiger charge is -2.32. The van der Waals surface area contributed by atoms with Crippen LogP contribution in [0.25, 0.3) is 0 Å². The van der Waals surface area contributed by atoms with Gasteiger partial charge in [0.25, 0.3) is 0 Å². The number of benzene rings is 1. The van der Waals surface area contributed by atoms with Gasteiger partial charge in [-0.15, -0.1) is 0 Å². The molecule has 1 aromatic carbocycles. The van der Waals surface area contributed by atoms with Crippen LogP contribution in [0.1, 0.15) is 38.8 Å². The Morgan fingerprint density at radius 3 is 2.16 bits per heavy atom. The lowest BCUT2D eigenvalue weighted by Crippen LogP contribution is -2.41. The summed E-state index contributed by atoms with van der Waals surface area (Å²) < 4.78 is 25.4.